The maximum atomic E-state index is 12.3. The highest BCUT2D eigenvalue weighted by Gasteiger charge is 2.41. The molecule has 4 rings (SSSR count). The molecule has 0 saturated carbocycles. The van der Waals surface area contributed by atoms with E-state index in [9.17, 15) is 4.79 Å². The van der Waals surface area contributed by atoms with Crippen LogP contribution in [-0.2, 0) is 10.3 Å². The van der Waals surface area contributed by atoms with E-state index >= 15 is 0 Å². The minimum absolute atomic E-state index is 0.406. The summed E-state index contributed by atoms with van der Waals surface area (Å²) in [6.45, 7) is 6.91. The maximum Gasteiger partial charge on any atom is 0.408 e. The molecule has 1 aromatic carbocycles. The Kier molecular flexibility index (Phi) is 4.63. The minimum atomic E-state index is -0.528. The predicted molar refractivity (Wildman–Crippen MR) is 110 cm³/mol. The monoisotopic (exact) mass is 443 g/mol. The van der Waals surface area contributed by atoms with Gasteiger partial charge < -0.3 is 15.4 Å². The van der Waals surface area contributed by atoms with Crippen LogP contribution in [0.4, 0.5) is 4.79 Å². The largest absolute Gasteiger partial charge is 0.444 e. The van der Waals surface area contributed by atoms with Gasteiger partial charge in [0, 0.05) is 31.0 Å². The zero-order valence-corrected chi connectivity index (χ0v) is 17.6. The molecular formula is C20H22BrN5O2. The van der Waals surface area contributed by atoms with E-state index in [0.717, 1.165) is 26.8 Å². The summed E-state index contributed by atoms with van der Waals surface area (Å²) in [5.41, 5.74) is 2.84. The number of alkyl carbamates (subject to hydrolysis) is 1. The molecule has 1 saturated heterocycles. The average Bonchev–Trinajstić information content (AvgIpc) is 2.97. The number of nitrogens with one attached hydrogen (secondary N) is 2. The molecule has 1 aliphatic rings. The number of halogens is 1. The lowest BCUT2D eigenvalue weighted by Gasteiger charge is -2.43. The summed E-state index contributed by atoms with van der Waals surface area (Å²) in [6.07, 6.45) is 5.10. The van der Waals surface area contributed by atoms with Crippen molar-refractivity contribution in [2.75, 3.05) is 13.1 Å². The molecule has 0 spiro atoms. The highest BCUT2D eigenvalue weighted by molar-refractivity contribution is 9.10. The van der Waals surface area contributed by atoms with Gasteiger partial charge in [-0.2, -0.15) is 5.10 Å². The fourth-order valence-corrected chi connectivity index (χ4v) is 3.59. The van der Waals surface area contributed by atoms with Gasteiger partial charge in [-0.15, -0.1) is 0 Å². The molecule has 2 N–H and O–H groups in total. The van der Waals surface area contributed by atoms with E-state index in [1.54, 1.807) is 10.7 Å². The number of aromatic nitrogens is 3. The highest BCUT2D eigenvalue weighted by atomic mass is 79.9. The van der Waals surface area contributed by atoms with Crippen LogP contribution in [0.1, 0.15) is 26.3 Å². The Morgan fingerprint density at radius 3 is 2.54 bits per heavy atom. The van der Waals surface area contributed by atoms with Crippen LogP contribution in [0.15, 0.2) is 47.3 Å². The van der Waals surface area contributed by atoms with E-state index < -0.39 is 17.2 Å². The third kappa shape index (κ3) is 3.62. The van der Waals surface area contributed by atoms with Crippen molar-refractivity contribution in [3.05, 3.63) is 52.9 Å². The number of benzene rings is 1. The molecule has 0 unspecified atom stereocenters. The van der Waals surface area contributed by atoms with E-state index in [2.05, 4.69) is 36.6 Å². The normalized spacial score (nSPS) is 15.9. The van der Waals surface area contributed by atoms with Gasteiger partial charge in [-0.3, -0.25) is 0 Å². The molecule has 0 bridgehead atoms. The lowest BCUT2D eigenvalue weighted by molar-refractivity contribution is 0.0406. The van der Waals surface area contributed by atoms with E-state index in [4.69, 9.17) is 4.74 Å². The molecule has 0 aliphatic carbocycles. The topological polar surface area (TPSA) is 80.5 Å². The first-order valence-corrected chi connectivity index (χ1v) is 9.87. The van der Waals surface area contributed by atoms with Crippen molar-refractivity contribution >= 4 is 27.7 Å². The molecule has 7 nitrogen and oxygen atoms in total. The van der Waals surface area contributed by atoms with Crippen molar-refractivity contribution in [3.8, 4) is 11.1 Å². The molecule has 1 amide bonds. The van der Waals surface area contributed by atoms with Gasteiger partial charge in [0.1, 0.15) is 5.60 Å². The Bertz CT molecular complexity index is 1020. The quantitative estimate of drug-likeness (QED) is 0.647. The van der Waals surface area contributed by atoms with Gasteiger partial charge >= 0.3 is 6.09 Å². The van der Waals surface area contributed by atoms with Crippen LogP contribution in [0, 0.1) is 0 Å². The predicted octanol–water partition coefficient (Wildman–Crippen LogP) is 3.48. The molecule has 1 fully saturated rings. The van der Waals surface area contributed by atoms with Crippen LogP contribution in [0.3, 0.4) is 0 Å². The summed E-state index contributed by atoms with van der Waals surface area (Å²) in [7, 11) is 0. The third-order valence-electron chi connectivity index (χ3n) is 4.68. The number of fused-ring (bicyclic) bond motifs is 1. The van der Waals surface area contributed by atoms with E-state index in [1.807, 2.05) is 57.4 Å². The molecule has 3 aromatic rings. The van der Waals surface area contributed by atoms with Gasteiger partial charge in [-0.05, 0) is 47.8 Å². The van der Waals surface area contributed by atoms with Crippen LogP contribution < -0.4 is 10.6 Å². The zero-order valence-electron chi connectivity index (χ0n) is 16.0. The van der Waals surface area contributed by atoms with Gasteiger partial charge in [-0.1, -0.05) is 24.3 Å². The molecule has 28 heavy (non-hydrogen) atoms. The third-order valence-corrected chi connectivity index (χ3v) is 5.24. The molecule has 0 radical (unpaired) electrons. The summed E-state index contributed by atoms with van der Waals surface area (Å²) in [5, 5.41) is 10.6. The van der Waals surface area contributed by atoms with Crippen molar-refractivity contribution < 1.29 is 9.53 Å². The first-order valence-electron chi connectivity index (χ1n) is 9.07. The number of rotatable bonds is 3. The number of ether oxygens (including phenoxy) is 1. The number of nitrogens with zero attached hydrogens (tertiary/aromatic N) is 3. The van der Waals surface area contributed by atoms with Gasteiger partial charge in [0.05, 0.1) is 16.2 Å². The second-order valence-corrected chi connectivity index (χ2v) is 8.85. The van der Waals surface area contributed by atoms with E-state index in [1.165, 1.54) is 0 Å². The highest BCUT2D eigenvalue weighted by Crippen LogP contribution is 2.29. The number of amides is 1. The standard InChI is InChI=1S/C20H22BrN5O2/c1-19(2,3)28-18(27)25-20(11-22-12-20)15-6-4-13(5-7-15)14-8-23-17-16(21)9-24-26(17)10-14/h4-10,22H,11-12H2,1-3H3,(H,25,27). The van der Waals surface area contributed by atoms with Crippen molar-refractivity contribution in [3.63, 3.8) is 0 Å². The number of hydrogen-bond donors (Lipinski definition) is 2. The van der Waals surface area contributed by atoms with E-state index in [-0.39, 0.29) is 0 Å². The summed E-state index contributed by atoms with van der Waals surface area (Å²) < 4.78 is 8.03. The molecule has 3 heterocycles. The minimum Gasteiger partial charge on any atom is -0.444 e. The number of carbonyl (C=O) groups excluding carboxylic acids is 1. The van der Waals surface area contributed by atoms with Crippen LogP contribution in [-0.4, -0.2) is 39.4 Å². The van der Waals surface area contributed by atoms with Crippen LogP contribution >= 0.6 is 15.9 Å². The summed E-state index contributed by atoms with van der Waals surface area (Å²) in [4.78, 5) is 16.7. The summed E-state index contributed by atoms with van der Waals surface area (Å²) in [6, 6.07) is 8.15. The molecule has 0 atom stereocenters. The fraction of sp³-hybridized carbons (Fsp3) is 0.350. The Morgan fingerprint density at radius 1 is 1.21 bits per heavy atom. The van der Waals surface area contributed by atoms with Crippen molar-refractivity contribution in [2.24, 2.45) is 0 Å². The van der Waals surface area contributed by atoms with Crippen LogP contribution in [0.2, 0.25) is 0 Å². The Labute approximate surface area is 171 Å². The number of hydrogen-bond acceptors (Lipinski definition) is 5. The van der Waals surface area contributed by atoms with Crippen molar-refractivity contribution in [2.45, 2.75) is 31.9 Å². The summed E-state index contributed by atoms with van der Waals surface area (Å²) in [5.74, 6) is 0. The first kappa shape index (κ1) is 18.9. The second kappa shape index (κ2) is 6.86. The molecule has 2 aromatic heterocycles. The molecule has 1 aliphatic heterocycles. The smallest absolute Gasteiger partial charge is 0.408 e. The van der Waals surface area contributed by atoms with Crippen molar-refractivity contribution in [1.29, 1.82) is 0 Å². The van der Waals surface area contributed by atoms with Crippen LogP contribution in [0.25, 0.3) is 16.8 Å². The van der Waals surface area contributed by atoms with Gasteiger partial charge in [0.2, 0.25) is 0 Å². The average molecular weight is 444 g/mol. The Morgan fingerprint density at radius 2 is 1.93 bits per heavy atom. The van der Waals surface area contributed by atoms with Crippen molar-refractivity contribution in [1.82, 2.24) is 25.2 Å². The molecular weight excluding hydrogens is 422 g/mol. The Hall–Kier alpha value is -2.45. The van der Waals surface area contributed by atoms with E-state index in [0.29, 0.717) is 13.1 Å². The zero-order chi connectivity index (χ0) is 19.9. The van der Waals surface area contributed by atoms with Crippen LogP contribution in [0.5, 0.6) is 0 Å². The SMILES string of the molecule is CC(C)(C)OC(=O)NC1(c2ccc(-c3cnc4c(Br)cnn4c3)cc2)CNC1. The summed E-state index contributed by atoms with van der Waals surface area (Å²) >= 11 is 3.43. The molecule has 8 heteroatoms. The fourth-order valence-electron chi connectivity index (χ4n) is 3.22. The first-order chi connectivity index (χ1) is 13.3. The number of carbonyl (C=O) groups is 1. The lowest BCUT2D eigenvalue weighted by atomic mass is 9.83. The lowest BCUT2D eigenvalue weighted by Crippen LogP contribution is -2.66. The van der Waals surface area contributed by atoms with Gasteiger partial charge in [-0.25, -0.2) is 14.3 Å². The molecule has 146 valence electrons. The van der Waals surface area contributed by atoms with Gasteiger partial charge in [0.25, 0.3) is 0 Å². The van der Waals surface area contributed by atoms with Gasteiger partial charge in [0.15, 0.2) is 5.65 Å². The second-order valence-electron chi connectivity index (χ2n) is 7.99. The Balaban J connectivity index is 1.56. The maximum absolute atomic E-state index is 12.3.